The summed E-state index contributed by atoms with van der Waals surface area (Å²) >= 11 is 1.75. The van der Waals surface area contributed by atoms with E-state index in [1.54, 1.807) is 24.0 Å². The topological polar surface area (TPSA) is 78.9 Å². The fraction of sp³-hybridized carbons (Fsp3) is 0.533. The molecule has 2 aliphatic heterocycles. The highest BCUT2D eigenvalue weighted by Gasteiger charge is 2.50. The zero-order chi connectivity index (χ0) is 16.4. The first-order valence-corrected chi connectivity index (χ1v) is 8.50. The lowest BCUT2D eigenvalue weighted by Crippen LogP contribution is -2.24. The van der Waals surface area contributed by atoms with E-state index in [1.807, 2.05) is 31.4 Å². The third kappa shape index (κ3) is 2.32. The van der Waals surface area contributed by atoms with Crippen LogP contribution in [0.15, 0.2) is 18.5 Å². The summed E-state index contributed by atoms with van der Waals surface area (Å²) in [5.41, 5.74) is 2.15. The second-order valence-electron chi connectivity index (χ2n) is 6.43. The van der Waals surface area contributed by atoms with Crippen LogP contribution in [0.4, 0.5) is 5.69 Å². The predicted octanol–water partition coefficient (Wildman–Crippen LogP) is 2.86. The van der Waals surface area contributed by atoms with Crippen LogP contribution in [0.5, 0.6) is 0 Å². The highest BCUT2D eigenvalue weighted by atomic mass is 32.2. The molecule has 0 spiro atoms. The molecule has 0 amide bonds. The van der Waals surface area contributed by atoms with E-state index in [9.17, 15) is 10.1 Å². The van der Waals surface area contributed by atoms with Crippen LogP contribution in [0, 0.1) is 17.0 Å². The van der Waals surface area contributed by atoms with Gasteiger partial charge in [0.15, 0.2) is 5.79 Å². The molecule has 0 N–H and O–H groups in total. The van der Waals surface area contributed by atoms with Crippen molar-refractivity contribution in [2.24, 2.45) is 0 Å². The highest BCUT2D eigenvalue weighted by Crippen LogP contribution is 2.49. The second-order valence-corrected chi connectivity index (χ2v) is 7.60. The minimum atomic E-state index is -0.586. The van der Waals surface area contributed by atoms with Crippen molar-refractivity contribution in [3.63, 3.8) is 0 Å². The Labute approximate surface area is 137 Å². The summed E-state index contributed by atoms with van der Waals surface area (Å²) in [4.78, 5) is 15.2. The number of nitrogens with zero attached hydrogens (tertiary/aromatic N) is 3. The second kappa shape index (κ2) is 4.93. The van der Waals surface area contributed by atoms with Crippen LogP contribution in [0.3, 0.4) is 0 Å². The van der Waals surface area contributed by atoms with Crippen molar-refractivity contribution < 1.29 is 14.4 Å². The quantitative estimate of drug-likeness (QED) is 0.620. The first kappa shape index (κ1) is 14.9. The van der Waals surface area contributed by atoms with Crippen LogP contribution in [-0.4, -0.2) is 38.1 Å². The van der Waals surface area contributed by atoms with Crippen molar-refractivity contribution >= 4 is 23.1 Å². The van der Waals surface area contributed by atoms with Crippen LogP contribution >= 0.6 is 11.8 Å². The SMILES string of the molecule is Cc1cc([N+](=O)[O-])c2ncc([C@@H]3SCC4OC(C)(C)O[C@@H]43)n2c1. The molecular formula is C15H17N3O4S. The van der Waals surface area contributed by atoms with Gasteiger partial charge in [0.1, 0.15) is 6.10 Å². The van der Waals surface area contributed by atoms with Gasteiger partial charge in [-0.2, -0.15) is 0 Å². The molecule has 2 fully saturated rings. The molecule has 3 atom stereocenters. The molecule has 0 aromatic carbocycles. The van der Waals surface area contributed by atoms with Crippen molar-refractivity contribution in [2.75, 3.05) is 5.75 Å². The summed E-state index contributed by atoms with van der Waals surface area (Å²) in [7, 11) is 0. The van der Waals surface area contributed by atoms with Gasteiger partial charge in [-0.1, -0.05) is 0 Å². The van der Waals surface area contributed by atoms with Crippen molar-refractivity contribution in [1.82, 2.24) is 9.38 Å². The number of hydrogen-bond acceptors (Lipinski definition) is 6. The fourth-order valence-corrected chi connectivity index (χ4v) is 4.78. The van der Waals surface area contributed by atoms with E-state index in [-0.39, 0.29) is 28.1 Å². The van der Waals surface area contributed by atoms with E-state index in [0.717, 1.165) is 17.0 Å². The number of rotatable bonds is 2. The Bertz CT molecular complexity index is 803. The lowest BCUT2D eigenvalue weighted by atomic mass is 10.1. The van der Waals surface area contributed by atoms with Crippen molar-refractivity contribution in [2.45, 2.75) is 44.0 Å². The predicted molar refractivity (Wildman–Crippen MR) is 85.6 cm³/mol. The summed E-state index contributed by atoms with van der Waals surface area (Å²) in [5, 5.41) is 11.3. The molecule has 2 aromatic heterocycles. The molecule has 1 unspecified atom stereocenters. The van der Waals surface area contributed by atoms with E-state index in [0.29, 0.717) is 5.65 Å². The van der Waals surface area contributed by atoms with Crippen LogP contribution in [0.25, 0.3) is 5.65 Å². The number of imidazole rings is 1. The summed E-state index contributed by atoms with van der Waals surface area (Å²) in [6.45, 7) is 5.67. The number of ether oxygens (including phenoxy) is 2. The number of aromatic nitrogens is 2. The average Bonchev–Trinajstić information content (AvgIpc) is 3.09. The molecule has 4 rings (SSSR count). The molecule has 4 heterocycles. The summed E-state index contributed by atoms with van der Waals surface area (Å²) in [6, 6.07) is 1.55. The Kier molecular flexibility index (Phi) is 3.20. The van der Waals surface area contributed by atoms with Crippen LogP contribution in [-0.2, 0) is 9.47 Å². The van der Waals surface area contributed by atoms with Gasteiger partial charge in [-0.15, -0.1) is 11.8 Å². The molecular weight excluding hydrogens is 318 g/mol. The third-order valence-corrected chi connectivity index (χ3v) is 5.59. The van der Waals surface area contributed by atoms with Gasteiger partial charge >= 0.3 is 5.69 Å². The largest absolute Gasteiger partial charge is 0.344 e. The zero-order valence-corrected chi connectivity index (χ0v) is 13.9. The number of hydrogen-bond donors (Lipinski definition) is 0. The summed E-state index contributed by atoms with van der Waals surface area (Å²) in [6.07, 6.45) is 3.59. The number of fused-ring (bicyclic) bond motifs is 2. The Balaban J connectivity index is 1.80. The minimum absolute atomic E-state index is 0.0275. The van der Waals surface area contributed by atoms with E-state index < -0.39 is 5.79 Å². The average molecular weight is 335 g/mol. The van der Waals surface area contributed by atoms with Gasteiger partial charge in [-0.25, -0.2) is 4.98 Å². The standard InChI is InChI=1S/C15H17N3O4S/c1-8-4-9(18(19)20)14-16-5-10(17(14)6-8)13-12-11(7-23-13)21-15(2,3)22-12/h4-6,11-13H,7H2,1-3H3/t11?,12-,13-/m0/s1. The molecule has 2 aromatic rings. The van der Waals surface area contributed by atoms with Gasteiger partial charge in [-0.05, 0) is 26.3 Å². The van der Waals surface area contributed by atoms with Crippen LogP contribution < -0.4 is 0 Å². The van der Waals surface area contributed by atoms with Crippen molar-refractivity contribution in [3.8, 4) is 0 Å². The maximum Gasteiger partial charge on any atom is 0.312 e. The van der Waals surface area contributed by atoms with Crippen molar-refractivity contribution in [1.29, 1.82) is 0 Å². The molecule has 0 saturated carbocycles. The number of aryl methyl sites for hydroxylation is 1. The van der Waals surface area contributed by atoms with Gasteiger partial charge in [0.05, 0.1) is 28.2 Å². The molecule has 8 heteroatoms. The van der Waals surface area contributed by atoms with Crippen LogP contribution in [0.2, 0.25) is 0 Å². The highest BCUT2D eigenvalue weighted by molar-refractivity contribution is 7.99. The van der Waals surface area contributed by atoms with Gasteiger partial charge < -0.3 is 9.47 Å². The first-order chi connectivity index (χ1) is 10.9. The Morgan fingerprint density at radius 2 is 2.26 bits per heavy atom. The molecule has 122 valence electrons. The lowest BCUT2D eigenvalue weighted by molar-refractivity contribution is -0.383. The van der Waals surface area contributed by atoms with Gasteiger partial charge in [0, 0.05) is 18.0 Å². The molecule has 0 radical (unpaired) electrons. The molecule has 7 nitrogen and oxygen atoms in total. The molecule has 23 heavy (non-hydrogen) atoms. The zero-order valence-electron chi connectivity index (χ0n) is 13.1. The minimum Gasteiger partial charge on any atom is -0.344 e. The molecule has 0 aliphatic carbocycles. The first-order valence-electron chi connectivity index (χ1n) is 7.45. The summed E-state index contributed by atoms with van der Waals surface area (Å²) < 4.78 is 13.8. The smallest absolute Gasteiger partial charge is 0.312 e. The summed E-state index contributed by atoms with van der Waals surface area (Å²) in [5.74, 6) is 0.261. The van der Waals surface area contributed by atoms with E-state index in [4.69, 9.17) is 9.47 Å². The number of pyridine rings is 1. The van der Waals surface area contributed by atoms with Crippen molar-refractivity contribution in [3.05, 3.63) is 39.8 Å². The van der Waals surface area contributed by atoms with Gasteiger partial charge in [0.25, 0.3) is 0 Å². The Hall–Kier alpha value is -1.64. The van der Waals surface area contributed by atoms with E-state index in [1.165, 1.54) is 0 Å². The maximum absolute atomic E-state index is 11.3. The Morgan fingerprint density at radius 1 is 1.48 bits per heavy atom. The third-order valence-electron chi connectivity index (χ3n) is 4.20. The van der Waals surface area contributed by atoms with Crippen LogP contribution in [0.1, 0.15) is 30.4 Å². The molecule has 0 bridgehead atoms. The maximum atomic E-state index is 11.3. The van der Waals surface area contributed by atoms with Gasteiger partial charge in [0.2, 0.25) is 5.65 Å². The lowest BCUT2D eigenvalue weighted by Gasteiger charge is -2.21. The Morgan fingerprint density at radius 3 is 3.00 bits per heavy atom. The normalized spacial score (nSPS) is 29.1. The van der Waals surface area contributed by atoms with E-state index in [2.05, 4.69) is 4.98 Å². The number of nitro groups is 1. The van der Waals surface area contributed by atoms with Gasteiger partial charge in [-0.3, -0.25) is 14.5 Å². The monoisotopic (exact) mass is 335 g/mol. The number of thioether (sulfide) groups is 1. The molecule has 2 saturated heterocycles. The van der Waals surface area contributed by atoms with E-state index >= 15 is 0 Å². The fourth-order valence-electron chi connectivity index (χ4n) is 3.36. The molecule has 2 aliphatic rings.